The number of nitrogens with one attached hydrogen (secondary N) is 1. The van der Waals surface area contributed by atoms with Gasteiger partial charge in [0.05, 0.1) is 17.1 Å². The fourth-order valence-electron chi connectivity index (χ4n) is 2.59. The number of amides is 1. The van der Waals surface area contributed by atoms with Gasteiger partial charge in [-0.1, -0.05) is 35.8 Å². The highest BCUT2D eigenvalue weighted by Crippen LogP contribution is 2.20. The molecule has 0 saturated heterocycles. The summed E-state index contributed by atoms with van der Waals surface area (Å²) in [5, 5.41) is 10.6. The molecule has 3 aromatic rings. The third-order valence-corrected chi connectivity index (χ3v) is 6.95. The van der Waals surface area contributed by atoms with Crippen LogP contribution in [0.1, 0.15) is 24.8 Å². The average molecular weight is 466 g/mol. The van der Waals surface area contributed by atoms with Gasteiger partial charge in [-0.05, 0) is 47.7 Å². The van der Waals surface area contributed by atoms with Crippen LogP contribution in [0, 0.1) is 0 Å². The number of sulfone groups is 1. The maximum atomic E-state index is 12.3. The number of halogens is 1. The second kappa shape index (κ2) is 10.1. The molecule has 10 heteroatoms. The number of benzene rings is 2. The Morgan fingerprint density at radius 1 is 1.10 bits per heavy atom. The molecule has 0 bridgehead atoms. The lowest BCUT2D eigenvalue weighted by Gasteiger charge is -2.04. The monoisotopic (exact) mass is 465 g/mol. The number of nitrogens with zero attached hydrogens (tertiary/aromatic N) is 2. The van der Waals surface area contributed by atoms with E-state index in [4.69, 9.17) is 16.0 Å². The Morgan fingerprint density at radius 3 is 2.47 bits per heavy atom. The minimum atomic E-state index is -3.60. The van der Waals surface area contributed by atoms with Crippen LogP contribution >= 0.6 is 23.4 Å². The van der Waals surface area contributed by atoms with E-state index in [1.54, 1.807) is 11.8 Å². The van der Waals surface area contributed by atoms with Crippen molar-refractivity contribution in [2.75, 3.05) is 16.8 Å². The van der Waals surface area contributed by atoms with Gasteiger partial charge in [-0.3, -0.25) is 10.1 Å². The topological polar surface area (TPSA) is 102 Å². The highest BCUT2D eigenvalue weighted by Gasteiger charge is 2.18. The lowest BCUT2D eigenvalue weighted by Crippen LogP contribution is -2.17. The third kappa shape index (κ3) is 6.32. The predicted molar refractivity (Wildman–Crippen MR) is 117 cm³/mol. The van der Waals surface area contributed by atoms with E-state index < -0.39 is 15.7 Å². The van der Waals surface area contributed by atoms with Crippen LogP contribution < -0.4 is 5.32 Å². The first-order chi connectivity index (χ1) is 14.4. The quantitative estimate of drug-likeness (QED) is 0.471. The number of rotatable bonds is 9. The van der Waals surface area contributed by atoms with Crippen LogP contribution in [0.25, 0.3) is 0 Å². The van der Waals surface area contributed by atoms with E-state index in [9.17, 15) is 13.2 Å². The molecule has 1 aromatic heterocycles. The van der Waals surface area contributed by atoms with Crippen molar-refractivity contribution >= 4 is 45.1 Å². The third-order valence-electron chi connectivity index (χ3n) is 4.07. The van der Waals surface area contributed by atoms with E-state index in [0.717, 1.165) is 11.3 Å². The molecule has 0 saturated carbocycles. The van der Waals surface area contributed by atoms with Gasteiger partial charge in [0.25, 0.3) is 0 Å². The minimum absolute atomic E-state index is 0.0583. The van der Waals surface area contributed by atoms with Crippen LogP contribution in [0.5, 0.6) is 0 Å². The van der Waals surface area contributed by atoms with Gasteiger partial charge < -0.3 is 4.42 Å². The van der Waals surface area contributed by atoms with Crippen LogP contribution in [-0.2, 0) is 21.1 Å². The fourth-order valence-corrected chi connectivity index (χ4v) is 4.62. The molecule has 2 aromatic carbocycles. The predicted octanol–water partition coefficient (Wildman–Crippen LogP) is 4.23. The van der Waals surface area contributed by atoms with Crippen molar-refractivity contribution in [2.45, 2.75) is 29.6 Å². The largest absolute Gasteiger partial charge is 0.407 e. The number of aromatic nitrogens is 2. The van der Waals surface area contributed by atoms with Crippen LogP contribution in [0.15, 0.2) is 62.7 Å². The van der Waals surface area contributed by atoms with Crippen molar-refractivity contribution < 1.29 is 17.6 Å². The van der Waals surface area contributed by atoms with Crippen LogP contribution in [0.2, 0.25) is 5.02 Å². The van der Waals surface area contributed by atoms with Gasteiger partial charge in [0, 0.05) is 16.3 Å². The Morgan fingerprint density at radius 2 is 1.80 bits per heavy atom. The van der Waals surface area contributed by atoms with Crippen molar-refractivity contribution in [2.24, 2.45) is 0 Å². The molecule has 0 fully saturated rings. The highest BCUT2D eigenvalue weighted by atomic mass is 35.5. The number of carbonyl (C=O) groups excluding carboxylic acids is 1. The van der Waals surface area contributed by atoms with Gasteiger partial charge in [-0.15, -0.1) is 16.9 Å². The summed E-state index contributed by atoms with van der Waals surface area (Å²) in [4.78, 5) is 13.4. The van der Waals surface area contributed by atoms with E-state index in [1.807, 2.05) is 24.3 Å². The highest BCUT2D eigenvalue weighted by molar-refractivity contribution is 7.99. The SMILES string of the molecule is CCSc1ccc(Cc2nnc(NC(=O)CCS(=O)(=O)c3ccc(Cl)cc3)o2)cc1. The minimum Gasteiger partial charge on any atom is -0.407 e. The van der Waals surface area contributed by atoms with Gasteiger partial charge in [-0.2, -0.15) is 0 Å². The van der Waals surface area contributed by atoms with E-state index in [1.165, 1.54) is 29.2 Å². The Kier molecular flexibility index (Phi) is 7.52. The van der Waals surface area contributed by atoms with Crippen LogP contribution in [0.3, 0.4) is 0 Å². The molecule has 0 aliphatic rings. The number of carbonyl (C=O) groups is 1. The molecule has 1 amide bonds. The molecular weight excluding hydrogens is 446 g/mol. The zero-order chi connectivity index (χ0) is 21.6. The zero-order valence-electron chi connectivity index (χ0n) is 16.2. The van der Waals surface area contributed by atoms with Crippen molar-refractivity contribution in [3.63, 3.8) is 0 Å². The van der Waals surface area contributed by atoms with Crippen molar-refractivity contribution in [3.8, 4) is 0 Å². The molecule has 1 heterocycles. The molecule has 0 aliphatic heterocycles. The number of thioether (sulfide) groups is 1. The molecule has 0 atom stereocenters. The van der Waals surface area contributed by atoms with Crippen LogP contribution in [-0.4, -0.2) is 36.0 Å². The summed E-state index contributed by atoms with van der Waals surface area (Å²) in [6, 6.07) is 13.8. The van der Waals surface area contributed by atoms with Crippen molar-refractivity contribution in [1.29, 1.82) is 0 Å². The normalized spacial score (nSPS) is 11.4. The maximum absolute atomic E-state index is 12.3. The Labute approximate surface area is 184 Å². The first kappa shape index (κ1) is 22.3. The maximum Gasteiger partial charge on any atom is 0.322 e. The van der Waals surface area contributed by atoms with Gasteiger partial charge in [0.15, 0.2) is 9.84 Å². The van der Waals surface area contributed by atoms with E-state index in [0.29, 0.717) is 17.3 Å². The molecule has 0 radical (unpaired) electrons. The summed E-state index contributed by atoms with van der Waals surface area (Å²) >= 11 is 7.53. The van der Waals surface area contributed by atoms with Crippen molar-refractivity contribution in [1.82, 2.24) is 10.2 Å². The molecule has 0 spiro atoms. The molecule has 0 unspecified atom stereocenters. The fraction of sp³-hybridized carbons (Fsp3) is 0.250. The van der Waals surface area contributed by atoms with Gasteiger partial charge in [0.1, 0.15) is 0 Å². The van der Waals surface area contributed by atoms with E-state index in [2.05, 4.69) is 22.4 Å². The van der Waals surface area contributed by atoms with E-state index in [-0.39, 0.29) is 23.1 Å². The first-order valence-corrected chi connectivity index (χ1v) is 12.2. The average Bonchev–Trinajstić information content (AvgIpc) is 3.15. The second-order valence-corrected chi connectivity index (χ2v) is 10.2. The summed E-state index contributed by atoms with van der Waals surface area (Å²) in [7, 11) is -3.60. The molecule has 7 nitrogen and oxygen atoms in total. The number of hydrogen-bond donors (Lipinski definition) is 1. The molecule has 0 aliphatic carbocycles. The Balaban J connectivity index is 1.52. The standard InChI is InChI=1S/C20H20ClN3O4S2/c1-2-29-16-7-3-14(4-8-16)13-19-23-24-20(28-19)22-18(25)11-12-30(26,27)17-9-5-15(21)6-10-17/h3-10H,2,11-13H2,1H3,(H,22,24,25). The first-order valence-electron chi connectivity index (χ1n) is 9.18. The lowest BCUT2D eigenvalue weighted by molar-refractivity contribution is -0.116. The van der Waals surface area contributed by atoms with E-state index >= 15 is 0 Å². The smallest absolute Gasteiger partial charge is 0.322 e. The summed E-state index contributed by atoms with van der Waals surface area (Å²) in [5.74, 6) is 0.495. The molecular formula is C20H20ClN3O4S2. The summed E-state index contributed by atoms with van der Waals surface area (Å²) < 4.78 is 30.0. The zero-order valence-corrected chi connectivity index (χ0v) is 18.6. The summed E-state index contributed by atoms with van der Waals surface area (Å²) in [5.41, 5.74) is 1.01. The van der Waals surface area contributed by atoms with Gasteiger partial charge in [0.2, 0.25) is 11.8 Å². The molecule has 158 valence electrons. The molecule has 30 heavy (non-hydrogen) atoms. The lowest BCUT2D eigenvalue weighted by atomic mass is 10.1. The Bertz CT molecular complexity index is 1100. The van der Waals surface area contributed by atoms with Crippen molar-refractivity contribution in [3.05, 3.63) is 65.0 Å². The van der Waals surface area contributed by atoms with Gasteiger partial charge >= 0.3 is 6.01 Å². The number of hydrogen-bond acceptors (Lipinski definition) is 7. The molecule has 1 N–H and O–H groups in total. The summed E-state index contributed by atoms with van der Waals surface area (Å²) in [6.07, 6.45) is 0.199. The van der Waals surface area contributed by atoms with Gasteiger partial charge in [-0.25, -0.2) is 8.42 Å². The number of anilines is 1. The molecule has 3 rings (SSSR count). The van der Waals surface area contributed by atoms with Crippen LogP contribution in [0.4, 0.5) is 6.01 Å². The Hall–Kier alpha value is -2.36. The summed E-state index contributed by atoms with van der Waals surface area (Å²) in [6.45, 7) is 2.10. The second-order valence-electron chi connectivity index (χ2n) is 6.33.